The number of amides is 2. The van der Waals surface area contributed by atoms with Gasteiger partial charge in [0.1, 0.15) is 0 Å². The molecule has 0 radical (unpaired) electrons. The minimum absolute atomic E-state index is 0.0298. The van der Waals surface area contributed by atoms with E-state index in [0.717, 1.165) is 0 Å². The van der Waals surface area contributed by atoms with Crippen LogP contribution in [-0.2, 0) is 19.4 Å². The predicted molar refractivity (Wildman–Crippen MR) is 138 cm³/mol. The summed E-state index contributed by atoms with van der Waals surface area (Å²) in [4.78, 5) is 26.5. The lowest BCUT2D eigenvalue weighted by Crippen LogP contribution is -2.30. The number of allylic oxidation sites excluding steroid dienone is 7. The third-order valence-electron chi connectivity index (χ3n) is 4.32. The van der Waals surface area contributed by atoms with E-state index >= 15 is 0 Å². The van der Waals surface area contributed by atoms with Crippen LogP contribution < -0.4 is 5.32 Å². The third-order valence-corrected chi connectivity index (χ3v) is 6.01. The van der Waals surface area contributed by atoms with Gasteiger partial charge < -0.3 is 10.2 Å². The Bertz CT molecular complexity index is 1040. The Morgan fingerprint density at radius 2 is 1.67 bits per heavy atom. The molecule has 2 amide bonds. The van der Waals surface area contributed by atoms with E-state index in [1.807, 2.05) is 6.92 Å². The Kier molecular flexibility index (Phi) is 13.1. The van der Waals surface area contributed by atoms with Crippen LogP contribution in [0.1, 0.15) is 27.2 Å². The van der Waals surface area contributed by atoms with Gasteiger partial charge in [0.25, 0.3) is 5.91 Å². The van der Waals surface area contributed by atoms with Crippen molar-refractivity contribution in [3.05, 3.63) is 109 Å². The summed E-state index contributed by atoms with van der Waals surface area (Å²) < 4.78 is 23.4. The first-order valence-electron chi connectivity index (χ1n) is 10.3. The second kappa shape index (κ2) is 14.6. The van der Waals surface area contributed by atoms with E-state index in [4.69, 9.17) is 0 Å². The second-order valence-corrected chi connectivity index (χ2v) is 9.26. The van der Waals surface area contributed by atoms with Gasteiger partial charge >= 0.3 is 0 Å². The molecule has 0 saturated heterocycles. The zero-order valence-corrected chi connectivity index (χ0v) is 20.6. The highest BCUT2D eigenvalue weighted by Gasteiger charge is 2.16. The molecule has 0 aromatic heterocycles. The van der Waals surface area contributed by atoms with E-state index in [1.165, 1.54) is 36.3 Å². The number of hydrogen-bond acceptors (Lipinski definition) is 4. The highest BCUT2D eigenvalue weighted by atomic mass is 32.2. The quantitative estimate of drug-likeness (QED) is 0.295. The summed E-state index contributed by atoms with van der Waals surface area (Å²) in [7, 11) is -3.37. The van der Waals surface area contributed by atoms with Crippen molar-refractivity contribution in [3.63, 3.8) is 0 Å². The Morgan fingerprint density at radius 3 is 2.18 bits per heavy atom. The van der Waals surface area contributed by atoms with Crippen molar-refractivity contribution in [1.29, 1.82) is 0 Å². The Balaban J connectivity index is 5.20. The molecule has 0 saturated carbocycles. The summed E-state index contributed by atoms with van der Waals surface area (Å²) in [5.74, 6) is -0.664. The van der Waals surface area contributed by atoms with Crippen LogP contribution in [0.15, 0.2) is 109 Å². The Morgan fingerprint density at radius 1 is 1.03 bits per heavy atom. The molecule has 0 aromatic rings. The number of nitrogens with one attached hydrogen (secondary N) is 1. The number of sulfone groups is 1. The lowest BCUT2D eigenvalue weighted by molar-refractivity contribution is -0.124. The lowest BCUT2D eigenvalue weighted by atomic mass is 10.1. The average molecular weight is 471 g/mol. The molecule has 7 heteroatoms. The summed E-state index contributed by atoms with van der Waals surface area (Å²) in [5.41, 5.74) is 1.91. The molecule has 0 heterocycles. The number of carbonyl (C=O) groups is 2. The first kappa shape index (κ1) is 29.5. The van der Waals surface area contributed by atoms with Crippen molar-refractivity contribution in [2.45, 2.75) is 27.2 Å². The van der Waals surface area contributed by atoms with Gasteiger partial charge in [-0.2, -0.15) is 0 Å². The average Bonchev–Trinajstić information content (AvgIpc) is 2.78. The molecule has 0 rings (SSSR count). The van der Waals surface area contributed by atoms with Crippen LogP contribution in [-0.4, -0.2) is 37.4 Å². The summed E-state index contributed by atoms with van der Waals surface area (Å²) in [6.07, 6.45) is 12.2. The molecule has 33 heavy (non-hydrogen) atoms. The van der Waals surface area contributed by atoms with Gasteiger partial charge in [-0.1, -0.05) is 64.1 Å². The SMILES string of the molecule is C=C/C=C\C(=C)N(CC)C(=O)/C(C=C)=C/C(C)=C/NC(=O)CC(=C)/C=C\C(=C)S(=O)(=O)CC. The number of rotatable bonds is 14. The molecule has 0 bridgehead atoms. The van der Waals surface area contributed by atoms with Gasteiger partial charge in [-0.3, -0.25) is 9.59 Å². The smallest absolute Gasteiger partial charge is 0.258 e. The maximum atomic E-state index is 12.8. The van der Waals surface area contributed by atoms with Gasteiger partial charge in [-0.05, 0) is 43.2 Å². The van der Waals surface area contributed by atoms with Gasteiger partial charge in [0, 0.05) is 24.0 Å². The van der Waals surface area contributed by atoms with Crippen molar-refractivity contribution in [3.8, 4) is 0 Å². The van der Waals surface area contributed by atoms with Gasteiger partial charge in [0.05, 0.1) is 17.1 Å². The van der Waals surface area contributed by atoms with E-state index in [0.29, 0.717) is 29.0 Å². The monoisotopic (exact) mass is 470 g/mol. The van der Waals surface area contributed by atoms with E-state index in [2.05, 4.69) is 38.2 Å². The fourth-order valence-corrected chi connectivity index (χ4v) is 3.05. The van der Waals surface area contributed by atoms with E-state index in [-0.39, 0.29) is 28.9 Å². The third kappa shape index (κ3) is 10.6. The molecule has 6 nitrogen and oxygen atoms in total. The minimum Gasteiger partial charge on any atom is -0.332 e. The van der Waals surface area contributed by atoms with Crippen LogP contribution in [0.5, 0.6) is 0 Å². The summed E-state index contributed by atoms with van der Waals surface area (Å²) >= 11 is 0. The summed E-state index contributed by atoms with van der Waals surface area (Å²) in [5, 5.41) is 2.62. The number of nitrogens with zero attached hydrogens (tertiary/aromatic N) is 1. The number of hydrogen-bond donors (Lipinski definition) is 1. The largest absolute Gasteiger partial charge is 0.332 e. The van der Waals surface area contributed by atoms with Crippen LogP contribution in [0, 0.1) is 0 Å². The van der Waals surface area contributed by atoms with Crippen molar-refractivity contribution in [2.24, 2.45) is 0 Å². The van der Waals surface area contributed by atoms with Gasteiger partial charge in [0.2, 0.25) is 5.91 Å². The van der Waals surface area contributed by atoms with Crippen molar-refractivity contribution in [2.75, 3.05) is 12.3 Å². The molecule has 178 valence electrons. The molecule has 1 N–H and O–H groups in total. The van der Waals surface area contributed by atoms with Crippen LogP contribution >= 0.6 is 0 Å². The molecule has 0 atom stereocenters. The molecule has 0 aromatic carbocycles. The van der Waals surface area contributed by atoms with Crippen molar-refractivity contribution < 1.29 is 18.0 Å². The molecule has 0 aliphatic carbocycles. The normalized spacial score (nSPS) is 12.5. The maximum Gasteiger partial charge on any atom is 0.258 e. The van der Waals surface area contributed by atoms with Gasteiger partial charge in [0.15, 0.2) is 9.84 Å². The lowest BCUT2D eigenvalue weighted by Gasteiger charge is -2.21. The van der Waals surface area contributed by atoms with E-state index < -0.39 is 9.84 Å². The van der Waals surface area contributed by atoms with Crippen LogP contribution in [0.4, 0.5) is 0 Å². The van der Waals surface area contributed by atoms with Gasteiger partial charge in [-0.15, -0.1) is 0 Å². The summed E-state index contributed by atoms with van der Waals surface area (Å²) in [6.45, 7) is 24.0. The van der Waals surface area contributed by atoms with Crippen LogP contribution in [0.2, 0.25) is 0 Å². The molecular formula is C26H34N2O4S. The minimum atomic E-state index is -3.37. The molecule has 0 fully saturated rings. The first-order chi connectivity index (χ1) is 15.4. The fourth-order valence-electron chi connectivity index (χ4n) is 2.41. The molecule has 0 aliphatic rings. The standard InChI is InChI=1S/C26H34N2O4S/c1-9-13-14-22(7)28(11-3)26(30)24(10-2)17-21(6)19-27-25(29)18-20(5)15-16-23(8)33(31,32)12-4/h9-10,13-17,19H,1-2,5,7-8,11-12,18H2,3-4,6H3,(H,27,29)/b14-13-,16-15-,21-19+,24-17+. The number of carbonyl (C=O) groups excluding carboxylic acids is 2. The summed E-state index contributed by atoms with van der Waals surface area (Å²) in [6, 6.07) is 0. The van der Waals surface area contributed by atoms with Crippen molar-refractivity contribution in [1.82, 2.24) is 10.2 Å². The zero-order chi connectivity index (χ0) is 25.6. The predicted octanol–water partition coefficient (Wildman–Crippen LogP) is 4.67. The number of likely N-dealkylation sites (N-methyl/N-ethyl adjacent to an activating group) is 1. The molecule has 0 unspecified atom stereocenters. The first-order valence-corrected chi connectivity index (χ1v) is 12.0. The highest BCUT2D eigenvalue weighted by molar-refractivity contribution is 7.95. The van der Waals surface area contributed by atoms with Crippen LogP contribution in [0.25, 0.3) is 0 Å². The molecule has 0 aliphatic heterocycles. The highest BCUT2D eigenvalue weighted by Crippen LogP contribution is 2.13. The fraction of sp³-hybridized carbons (Fsp3) is 0.231. The topological polar surface area (TPSA) is 83.6 Å². The van der Waals surface area contributed by atoms with Crippen molar-refractivity contribution >= 4 is 21.7 Å². The van der Waals surface area contributed by atoms with Gasteiger partial charge in [-0.25, -0.2) is 8.42 Å². The maximum absolute atomic E-state index is 12.8. The van der Waals surface area contributed by atoms with Crippen LogP contribution in [0.3, 0.4) is 0 Å². The Hall–Kier alpha value is -3.45. The molecule has 0 spiro atoms. The zero-order valence-electron chi connectivity index (χ0n) is 19.8. The van der Waals surface area contributed by atoms with E-state index in [1.54, 1.807) is 31.2 Å². The Labute approximate surface area is 198 Å². The second-order valence-electron chi connectivity index (χ2n) is 6.93. The van der Waals surface area contributed by atoms with E-state index in [9.17, 15) is 18.0 Å². The molecular weight excluding hydrogens is 436 g/mol.